The van der Waals surface area contributed by atoms with Gasteiger partial charge in [0, 0.05) is 13.6 Å². The minimum atomic E-state index is -4.19. The summed E-state index contributed by atoms with van der Waals surface area (Å²) in [5.41, 5.74) is 0.591. The number of carbonyl (C=O) groups excluding carboxylic acids is 1. The number of methoxy groups -OCH3 is 1. The van der Waals surface area contributed by atoms with Gasteiger partial charge in [0.05, 0.1) is 16.9 Å². The number of fused-ring (bicyclic) bond motifs is 1. The molecule has 2 aromatic rings. The number of nitrogens with zero attached hydrogens (tertiary/aromatic N) is 1. The number of aliphatic carboxylic acids is 1. The van der Waals surface area contributed by atoms with Crippen molar-refractivity contribution in [3.63, 3.8) is 0 Å². The van der Waals surface area contributed by atoms with Gasteiger partial charge in [-0.05, 0) is 41.3 Å². The molecule has 0 spiro atoms. The zero-order chi connectivity index (χ0) is 20.5. The number of benzene rings is 1. The van der Waals surface area contributed by atoms with E-state index in [0.29, 0.717) is 16.2 Å². The number of hydrogen-bond donors (Lipinski definition) is 2. The smallest absolute Gasteiger partial charge is 0.407 e. The van der Waals surface area contributed by atoms with Gasteiger partial charge in [0.25, 0.3) is 0 Å². The predicted molar refractivity (Wildman–Crippen MR) is 99.7 cm³/mol. The number of thiophene rings is 1. The molecule has 2 atom stereocenters. The Morgan fingerprint density at radius 2 is 1.93 bits per heavy atom. The van der Waals surface area contributed by atoms with Crippen LogP contribution in [0.3, 0.4) is 0 Å². The van der Waals surface area contributed by atoms with E-state index in [1.54, 1.807) is 11.4 Å². The van der Waals surface area contributed by atoms with E-state index < -0.39 is 34.2 Å². The average molecular weight is 426 g/mol. The summed E-state index contributed by atoms with van der Waals surface area (Å²) < 4.78 is 37.5. The van der Waals surface area contributed by atoms with Crippen LogP contribution in [0.5, 0.6) is 5.75 Å². The van der Waals surface area contributed by atoms with E-state index in [2.05, 4.69) is 5.32 Å². The van der Waals surface area contributed by atoms with Gasteiger partial charge in [0.2, 0.25) is 10.0 Å². The number of carboxylic acid groups (broad SMARTS) is 1. The quantitative estimate of drug-likeness (QED) is 0.748. The van der Waals surface area contributed by atoms with Crippen molar-refractivity contribution in [3.8, 4) is 5.75 Å². The molecule has 0 saturated heterocycles. The van der Waals surface area contributed by atoms with Gasteiger partial charge in [0.1, 0.15) is 5.75 Å². The fraction of sp³-hybridized carbons (Fsp3) is 0.294. The van der Waals surface area contributed by atoms with Crippen molar-refractivity contribution >= 4 is 33.4 Å². The molecule has 3 rings (SSSR count). The van der Waals surface area contributed by atoms with Gasteiger partial charge in [-0.1, -0.05) is 0 Å². The predicted octanol–water partition coefficient (Wildman–Crippen LogP) is 1.81. The third-order valence-corrected chi connectivity index (χ3v) is 7.18. The van der Waals surface area contributed by atoms with Crippen LogP contribution < -0.4 is 10.1 Å². The SMILES string of the molecule is CNC(=O)OC1c2sccc2CN(S(=O)(=O)c2ccc(OC)cc2)C1C(=O)O. The molecule has 0 bridgehead atoms. The minimum absolute atomic E-state index is 0.0862. The highest BCUT2D eigenvalue weighted by molar-refractivity contribution is 7.89. The van der Waals surface area contributed by atoms with Crippen molar-refractivity contribution in [2.45, 2.75) is 23.6 Å². The summed E-state index contributed by atoms with van der Waals surface area (Å²) >= 11 is 1.21. The highest BCUT2D eigenvalue weighted by Crippen LogP contribution is 2.40. The third-order valence-electron chi connectivity index (χ3n) is 4.32. The van der Waals surface area contributed by atoms with Crippen molar-refractivity contribution in [2.24, 2.45) is 0 Å². The minimum Gasteiger partial charge on any atom is -0.497 e. The molecule has 2 unspecified atom stereocenters. The molecular formula is C17H18N2O7S2. The van der Waals surface area contributed by atoms with E-state index in [9.17, 15) is 23.1 Å². The first-order chi connectivity index (χ1) is 13.3. The molecule has 0 saturated carbocycles. The number of amides is 1. The first kappa shape index (κ1) is 20.1. The first-order valence-corrected chi connectivity index (χ1v) is 10.4. The number of alkyl carbamates (subject to hydrolysis) is 1. The summed E-state index contributed by atoms with van der Waals surface area (Å²) in [4.78, 5) is 24.2. The van der Waals surface area contributed by atoms with Crippen LogP contribution in [-0.4, -0.2) is 50.1 Å². The highest BCUT2D eigenvalue weighted by atomic mass is 32.2. The van der Waals surface area contributed by atoms with Crippen LogP contribution in [0.25, 0.3) is 0 Å². The van der Waals surface area contributed by atoms with Crippen LogP contribution in [0, 0.1) is 0 Å². The summed E-state index contributed by atoms with van der Waals surface area (Å²) in [5, 5.41) is 13.8. The molecule has 1 amide bonds. The lowest BCUT2D eigenvalue weighted by molar-refractivity contribution is -0.146. The van der Waals surface area contributed by atoms with Gasteiger partial charge < -0.3 is 19.9 Å². The maximum absolute atomic E-state index is 13.2. The Bertz CT molecular complexity index is 985. The van der Waals surface area contributed by atoms with Crippen LogP contribution in [-0.2, 0) is 26.1 Å². The monoisotopic (exact) mass is 426 g/mol. The average Bonchev–Trinajstić information content (AvgIpc) is 3.16. The molecule has 1 aromatic heterocycles. The van der Waals surface area contributed by atoms with Gasteiger partial charge in [-0.25, -0.2) is 13.2 Å². The summed E-state index contributed by atoms with van der Waals surface area (Å²) in [5.74, 6) is -0.946. The Morgan fingerprint density at radius 3 is 2.50 bits per heavy atom. The molecule has 0 fully saturated rings. The molecule has 9 nitrogen and oxygen atoms in total. The Balaban J connectivity index is 2.08. The molecule has 0 aliphatic carbocycles. The van der Waals surface area contributed by atoms with Gasteiger partial charge in [0.15, 0.2) is 12.1 Å². The van der Waals surface area contributed by atoms with Crippen molar-refractivity contribution < 1.29 is 32.6 Å². The van der Waals surface area contributed by atoms with Crippen molar-refractivity contribution in [3.05, 3.63) is 46.2 Å². The first-order valence-electron chi connectivity index (χ1n) is 8.13. The fourth-order valence-corrected chi connectivity index (χ4v) is 5.48. The van der Waals surface area contributed by atoms with E-state index in [1.165, 1.54) is 49.8 Å². The van der Waals surface area contributed by atoms with Crippen LogP contribution in [0.1, 0.15) is 16.5 Å². The Morgan fingerprint density at radius 1 is 1.25 bits per heavy atom. The summed E-state index contributed by atoms with van der Waals surface area (Å²) in [6.45, 7) is -0.141. The second kappa shape index (κ2) is 7.78. The van der Waals surface area contributed by atoms with Crippen LogP contribution in [0.15, 0.2) is 40.6 Å². The molecule has 11 heteroatoms. The van der Waals surface area contributed by atoms with E-state index in [0.717, 1.165) is 4.31 Å². The second-order valence-corrected chi connectivity index (χ2v) is 8.73. The molecule has 150 valence electrons. The normalized spacial score (nSPS) is 19.5. The molecule has 28 heavy (non-hydrogen) atoms. The largest absolute Gasteiger partial charge is 0.497 e. The molecular weight excluding hydrogens is 408 g/mol. The summed E-state index contributed by atoms with van der Waals surface area (Å²) in [6.07, 6.45) is -2.12. The van der Waals surface area contributed by atoms with E-state index in [4.69, 9.17) is 9.47 Å². The Hall–Kier alpha value is -2.63. The summed E-state index contributed by atoms with van der Waals surface area (Å²) in [6, 6.07) is 5.71. The lowest BCUT2D eigenvalue weighted by Crippen LogP contribution is -2.51. The zero-order valence-corrected chi connectivity index (χ0v) is 16.6. The maximum Gasteiger partial charge on any atom is 0.407 e. The zero-order valence-electron chi connectivity index (χ0n) is 15.0. The van der Waals surface area contributed by atoms with Crippen molar-refractivity contribution in [1.29, 1.82) is 0 Å². The van der Waals surface area contributed by atoms with Gasteiger partial charge in [-0.3, -0.25) is 4.79 Å². The molecule has 1 aromatic carbocycles. The number of nitrogens with one attached hydrogen (secondary N) is 1. The topological polar surface area (TPSA) is 122 Å². The fourth-order valence-electron chi connectivity index (χ4n) is 2.95. The lowest BCUT2D eigenvalue weighted by Gasteiger charge is -2.36. The Kier molecular flexibility index (Phi) is 5.59. The number of rotatable bonds is 5. The summed E-state index contributed by atoms with van der Waals surface area (Å²) in [7, 11) is -1.40. The third kappa shape index (κ3) is 3.55. The lowest BCUT2D eigenvalue weighted by atomic mass is 10.0. The standard InChI is InChI=1S/C17H18N2O7S2/c1-18-17(22)26-14-13(16(20)21)19(9-10-7-8-27-15(10)14)28(23,24)12-5-3-11(25-2)4-6-12/h3-8,13-14H,9H2,1-2H3,(H,18,22)(H,20,21). The maximum atomic E-state index is 13.2. The van der Waals surface area contributed by atoms with E-state index in [-0.39, 0.29) is 11.4 Å². The van der Waals surface area contributed by atoms with Gasteiger partial charge >= 0.3 is 12.1 Å². The Labute approximate surface area is 165 Å². The molecule has 1 aliphatic rings. The van der Waals surface area contributed by atoms with Crippen molar-refractivity contribution in [2.75, 3.05) is 14.2 Å². The number of sulfonamides is 1. The molecule has 2 heterocycles. The van der Waals surface area contributed by atoms with Gasteiger partial charge in [-0.2, -0.15) is 4.31 Å². The molecule has 1 aliphatic heterocycles. The molecule has 2 N–H and O–H groups in total. The number of ether oxygens (including phenoxy) is 2. The number of carbonyl (C=O) groups is 2. The van der Waals surface area contributed by atoms with Crippen LogP contribution in [0.4, 0.5) is 4.79 Å². The number of hydrogen-bond acceptors (Lipinski definition) is 7. The van der Waals surface area contributed by atoms with Gasteiger partial charge in [-0.15, -0.1) is 11.3 Å². The van der Waals surface area contributed by atoms with Crippen molar-refractivity contribution in [1.82, 2.24) is 9.62 Å². The second-order valence-electron chi connectivity index (χ2n) is 5.89. The highest BCUT2D eigenvalue weighted by Gasteiger charge is 2.48. The van der Waals surface area contributed by atoms with Crippen LogP contribution >= 0.6 is 11.3 Å². The van der Waals surface area contributed by atoms with Crippen LogP contribution in [0.2, 0.25) is 0 Å². The van der Waals surface area contributed by atoms with E-state index >= 15 is 0 Å². The molecule has 0 radical (unpaired) electrons. The number of carboxylic acids is 1. The van der Waals surface area contributed by atoms with E-state index in [1.807, 2.05) is 0 Å².